The molecule has 2 atom stereocenters. The summed E-state index contributed by atoms with van der Waals surface area (Å²) in [6.07, 6.45) is 0.720. The van der Waals surface area contributed by atoms with E-state index in [0.29, 0.717) is 15.8 Å². The van der Waals surface area contributed by atoms with Crippen LogP contribution in [-0.2, 0) is 4.79 Å². The van der Waals surface area contributed by atoms with Gasteiger partial charge in [0.15, 0.2) is 0 Å². The van der Waals surface area contributed by atoms with Gasteiger partial charge in [-0.2, -0.15) is 0 Å². The number of hydrogen-bond donors (Lipinski definition) is 3. The fourth-order valence-corrected chi connectivity index (χ4v) is 4.24. The zero-order valence-corrected chi connectivity index (χ0v) is 19.2. The molecule has 3 aromatic carbocycles. The van der Waals surface area contributed by atoms with Gasteiger partial charge in [0, 0.05) is 10.9 Å². The smallest absolute Gasteiger partial charge is 0.319 e. The van der Waals surface area contributed by atoms with Gasteiger partial charge in [0.2, 0.25) is 11.0 Å². The van der Waals surface area contributed by atoms with Crippen molar-refractivity contribution < 1.29 is 9.59 Å². The molecular weight excluding hydrogens is 434 g/mol. The molecule has 1 aromatic heterocycles. The van der Waals surface area contributed by atoms with Crippen LogP contribution in [0.25, 0.3) is 21.3 Å². The van der Waals surface area contributed by atoms with Crippen molar-refractivity contribution in [1.82, 2.24) is 15.5 Å². The first-order valence-corrected chi connectivity index (χ1v) is 11.6. The number of carbonyl (C=O) groups is 2. The second-order valence-electron chi connectivity index (χ2n) is 7.76. The lowest BCUT2D eigenvalue weighted by Gasteiger charge is -2.23. The van der Waals surface area contributed by atoms with Crippen LogP contribution in [0.5, 0.6) is 0 Å². The van der Waals surface area contributed by atoms with Crippen LogP contribution in [0, 0.1) is 5.92 Å². The molecule has 1 heterocycles. The number of anilines is 2. The molecule has 4 aromatic rings. The number of carbonyl (C=O) groups excluding carboxylic acids is 2. The van der Waals surface area contributed by atoms with Crippen molar-refractivity contribution in [3.8, 4) is 10.6 Å². The van der Waals surface area contributed by atoms with Crippen LogP contribution in [0.4, 0.5) is 15.6 Å². The van der Waals surface area contributed by atoms with Crippen LogP contribution in [0.15, 0.2) is 72.8 Å². The number of aromatic nitrogens is 2. The van der Waals surface area contributed by atoms with Gasteiger partial charge in [0.05, 0.1) is 5.69 Å². The normalized spacial score (nSPS) is 12.7. The number of amides is 3. The molecular formula is C25H25N5O2S. The van der Waals surface area contributed by atoms with Crippen LogP contribution in [0.3, 0.4) is 0 Å². The monoisotopic (exact) mass is 459 g/mol. The summed E-state index contributed by atoms with van der Waals surface area (Å²) in [4.78, 5) is 25.8. The first-order valence-electron chi connectivity index (χ1n) is 10.8. The highest BCUT2D eigenvalue weighted by Crippen LogP contribution is 2.26. The number of urea groups is 1. The van der Waals surface area contributed by atoms with Gasteiger partial charge in [-0.1, -0.05) is 98.3 Å². The Balaban J connectivity index is 1.46. The number of hydrogen-bond acceptors (Lipinski definition) is 5. The summed E-state index contributed by atoms with van der Waals surface area (Å²) in [6.45, 7) is 3.91. The summed E-state index contributed by atoms with van der Waals surface area (Å²) in [7, 11) is 0. The number of nitrogens with one attached hydrogen (secondary N) is 3. The fourth-order valence-electron chi connectivity index (χ4n) is 3.49. The predicted molar refractivity (Wildman–Crippen MR) is 133 cm³/mol. The third-order valence-corrected chi connectivity index (χ3v) is 6.38. The average Bonchev–Trinajstić information content (AvgIpc) is 3.31. The molecule has 0 saturated carbocycles. The molecule has 0 unspecified atom stereocenters. The Morgan fingerprint density at radius 2 is 1.64 bits per heavy atom. The standard InChI is InChI=1S/C25H25N5O2S/c1-3-16(2)21(22(31)28-25-30-29-23(33-25)18-11-5-4-6-12-18)27-24(32)26-20-15-9-13-17-10-7-8-14-19(17)20/h4-16,21H,3H2,1-2H3,(H2,26,27,32)(H,28,30,31)/t16-,21-/m0/s1. The lowest BCUT2D eigenvalue weighted by Crippen LogP contribution is -2.49. The molecule has 3 amide bonds. The Kier molecular flexibility index (Phi) is 6.95. The van der Waals surface area contributed by atoms with Crippen LogP contribution in [0.1, 0.15) is 20.3 Å². The van der Waals surface area contributed by atoms with E-state index in [9.17, 15) is 9.59 Å². The molecule has 0 bridgehead atoms. The molecule has 168 valence electrons. The van der Waals surface area contributed by atoms with Crippen molar-refractivity contribution in [2.24, 2.45) is 5.92 Å². The van der Waals surface area contributed by atoms with E-state index < -0.39 is 12.1 Å². The van der Waals surface area contributed by atoms with Gasteiger partial charge >= 0.3 is 6.03 Å². The molecule has 0 radical (unpaired) electrons. The molecule has 8 heteroatoms. The fraction of sp³-hybridized carbons (Fsp3) is 0.200. The van der Waals surface area contributed by atoms with Gasteiger partial charge in [0.25, 0.3) is 0 Å². The Labute approximate surface area is 196 Å². The van der Waals surface area contributed by atoms with E-state index in [1.165, 1.54) is 11.3 Å². The topological polar surface area (TPSA) is 96.0 Å². The molecule has 0 aliphatic rings. The van der Waals surface area contributed by atoms with Crippen LogP contribution < -0.4 is 16.0 Å². The largest absolute Gasteiger partial charge is 0.326 e. The highest BCUT2D eigenvalue weighted by Gasteiger charge is 2.27. The zero-order valence-electron chi connectivity index (χ0n) is 18.4. The highest BCUT2D eigenvalue weighted by molar-refractivity contribution is 7.18. The van der Waals surface area contributed by atoms with Gasteiger partial charge in [-0.25, -0.2) is 4.79 Å². The predicted octanol–water partition coefficient (Wildman–Crippen LogP) is 5.53. The maximum Gasteiger partial charge on any atom is 0.319 e. The second-order valence-corrected chi connectivity index (χ2v) is 8.73. The van der Waals surface area contributed by atoms with Crippen molar-refractivity contribution in [2.45, 2.75) is 26.3 Å². The molecule has 0 fully saturated rings. The Morgan fingerprint density at radius 1 is 0.909 bits per heavy atom. The minimum absolute atomic E-state index is 0.0789. The van der Waals surface area contributed by atoms with Gasteiger partial charge in [-0.05, 0) is 17.4 Å². The van der Waals surface area contributed by atoms with Gasteiger partial charge in [-0.3, -0.25) is 10.1 Å². The van der Waals surface area contributed by atoms with Crippen LogP contribution in [-0.4, -0.2) is 28.2 Å². The minimum atomic E-state index is -0.728. The van der Waals surface area contributed by atoms with Crippen molar-refractivity contribution in [3.63, 3.8) is 0 Å². The highest BCUT2D eigenvalue weighted by atomic mass is 32.1. The van der Waals surface area contributed by atoms with Crippen molar-refractivity contribution in [1.29, 1.82) is 0 Å². The summed E-state index contributed by atoms with van der Waals surface area (Å²) in [6, 6.07) is 22.0. The molecule has 33 heavy (non-hydrogen) atoms. The SMILES string of the molecule is CC[C@H](C)[C@H](NC(=O)Nc1cccc2ccccc12)C(=O)Nc1nnc(-c2ccccc2)s1. The van der Waals surface area contributed by atoms with Crippen molar-refractivity contribution in [3.05, 3.63) is 72.8 Å². The van der Waals surface area contributed by atoms with E-state index in [1.54, 1.807) is 0 Å². The number of rotatable bonds is 7. The summed E-state index contributed by atoms with van der Waals surface area (Å²) < 4.78 is 0. The number of nitrogens with zero attached hydrogens (tertiary/aromatic N) is 2. The third kappa shape index (κ3) is 5.35. The Bertz CT molecular complexity index is 1250. The summed E-state index contributed by atoms with van der Waals surface area (Å²) >= 11 is 1.29. The maximum absolute atomic E-state index is 13.0. The second kappa shape index (κ2) is 10.2. The lowest BCUT2D eigenvalue weighted by molar-refractivity contribution is -0.119. The lowest BCUT2D eigenvalue weighted by atomic mass is 9.98. The van der Waals surface area contributed by atoms with E-state index in [0.717, 1.165) is 22.8 Å². The summed E-state index contributed by atoms with van der Waals surface area (Å²) in [5.74, 6) is -0.405. The van der Waals surface area contributed by atoms with E-state index >= 15 is 0 Å². The molecule has 7 nitrogen and oxygen atoms in total. The van der Waals surface area contributed by atoms with E-state index in [1.807, 2.05) is 86.6 Å². The summed E-state index contributed by atoms with van der Waals surface area (Å²) in [5.41, 5.74) is 1.62. The van der Waals surface area contributed by atoms with Crippen LogP contribution in [0.2, 0.25) is 0 Å². The molecule has 0 spiro atoms. The van der Waals surface area contributed by atoms with E-state index in [2.05, 4.69) is 26.1 Å². The Morgan fingerprint density at radius 3 is 2.42 bits per heavy atom. The van der Waals surface area contributed by atoms with Crippen molar-refractivity contribution >= 4 is 44.9 Å². The zero-order chi connectivity index (χ0) is 23.2. The average molecular weight is 460 g/mol. The Hall–Kier alpha value is -3.78. The first-order chi connectivity index (χ1) is 16.0. The third-order valence-electron chi connectivity index (χ3n) is 5.50. The first kappa shape index (κ1) is 22.4. The van der Waals surface area contributed by atoms with Crippen LogP contribution >= 0.6 is 11.3 Å². The van der Waals surface area contributed by atoms with Crippen molar-refractivity contribution in [2.75, 3.05) is 10.6 Å². The number of benzene rings is 3. The quantitative estimate of drug-likeness (QED) is 0.338. The molecule has 0 aliphatic carbocycles. The molecule has 4 rings (SSSR count). The molecule has 0 saturated heterocycles. The van der Waals surface area contributed by atoms with Gasteiger partial charge in [-0.15, -0.1) is 10.2 Å². The summed E-state index contributed by atoms with van der Waals surface area (Å²) in [5, 5.41) is 19.8. The van der Waals surface area contributed by atoms with Gasteiger partial charge in [0.1, 0.15) is 11.0 Å². The van der Waals surface area contributed by atoms with E-state index in [4.69, 9.17) is 0 Å². The number of fused-ring (bicyclic) bond motifs is 1. The van der Waals surface area contributed by atoms with Gasteiger partial charge < -0.3 is 10.6 Å². The molecule has 3 N–H and O–H groups in total. The van der Waals surface area contributed by atoms with E-state index in [-0.39, 0.29) is 11.8 Å². The maximum atomic E-state index is 13.0. The molecule has 0 aliphatic heterocycles. The minimum Gasteiger partial charge on any atom is -0.326 e.